The summed E-state index contributed by atoms with van der Waals surface area (Å²) in [7, 11) is 0. The maximum absolute atomic E-state index is 9.86. The van der Waals surface area contributed by atoms with Gasteiger partial charge in [-0.15, -0.1) is 0 Å². The summed E-state index contributed by atoms with van der Waals surface area (Å²) in [5, 5.41) is 11.3. The molecule has 0 saturated heterocycles. The summed E-state index contributed by atoms with van der Waals surface area (Å²) in [4.78, 5) is 10.8. The number of hydrogen-bond donors (Lipinski definition) is 1. The van der Waals surface area contributed by atoms with Crippen molar-refractivity contribution in [3.63, 3.8) is 0 Å². The molecule has 4 nitrogen and oxygen atoms in total. The van der Waals surface area contributed by atoms with Crippen LogP contribution in [0.15, 0.2) is 18.5 Å². The fourth-order valence-corrected chi connectivity index (χ4v) is 2.47. The first-order valence-electron chi connectivity index (χ1n) is 6.45. The molecule has 1 N–H and O–H groups in total. The first-order valence-corrected chi connectivity index (χ1v) is 6.83. The molecule has 0 amide bonds. The van der Waals surface area contributed by atoms with Gasteiger partial charge in [0.1, 0.15) is 12.1 Å². The SMILES string of the molecule is CCN(CC)c1ncnc2c(C(C)O)cc(Cl)cc12. The van der Waals surface area contributed by atoms with Crippen LogP contribution in [0.5, 0.6) is 0 Å². The van der Waals surface area contributed by atoms with Crippen LogP contribution in [0.25, 0.3) is 10.9 Å². The van der Waals surface area contributed by atoms with E-state index in [1.165, 1.54) is 6.33 Å². The van der Waals surface area contributed by atoms with Gasteiger partial charge in [-0.05, 0) is 32.9 Å². The zero-order valence-electron chi connectivity index (χ0n) is 11.4. The number of rotatable bonds is 4. The number of hydrogen-bond acceptors (Lipinski definition) is 4. The Hall–Kier alpha value is -1.39. The molecule has 0 aliphatic heterocycles. The third-order valence-electron chi connectivity index (χ3n) is 3.22. The average Bonchev–Trinajstić information content (AvgIpc) is 2.39. The zero-order valence-corrected chi connectivity index (χ0v) is 12.1. The second-order valence-corrected chi connectivity index (χ2v) is 4.87. The maximum atomic E-state index is 9.86. The van der Waals surface area contributed by atoms with Crippen molar-refractivity contribution in [3.05, 3.63) is 29.0 Å². The molecule has 0 fully saturated rings. The van der Waals surface area contributed by atoms with Crippen molar-refractivity contribution in [2.45, 2.75) is 26.9 Å². The molecule has 1 heterocycles. The lowest BCUT2D eigenvalue weighted by Crippen LogP contribution is -2.23. The van der Waals surface area contributed by atoms with E-state index in [0.717, 1.165) is 35.4 Å². The van der Waals surface area contributed by atoms with E-state index in [-0.39, 0.29) is 0 Å². The maximum Gasteiger partial charge on any atom is 0.139 e. The molecule has 0 aliphatic carbocycles. The van der Waals surface area contributed by atoms with E-state index in [1.807, 2.05) is 6.07 Å². The molecule has 0 saturated carbocycles. The summed E-state index contributed by atoms with van der Waals surface area (Å²) in [6, 6.07) is 3.62. The number of aromatic nitrogens is 2. The highest BCUT2D eigenvalue weighted by molar-refractivity contribution is 6.31. The van der Waals surface area contributed by atoms with E-state index >= 15 is 0 Å². The number of benzene rings is 1. The number of aliphatic hydroxyl groups is 1. The summed E-state index contributed by atoms with van der Waals surface area (Å²) in [6.45, 7) is 7.59. The standard InChI is InChI=1S/C14H18ClN3O/c1-4-18(5-2)14-12-7-10(15)6-11(9(3)19)13(12)16-8-17-14/h6-9,19H,4-5H2,1-3H3. The van der Waals surface area contributed by atoms with Crippen LogP contribution in [-0.2, 0) is 0 Å². The van der Waals surface area contributed by atoms with Gasteiger partial charge in [0, 0.05) is 29.1 Å². The Kier molecular flexibility index (Phi) is 4.22. The molecule has 19 heavy (non-hydrogen) atoms. The Balaban J connectivity index is 2.74. The fourth-order valence-electron chi connectivity index (χ4n) is 2.24. The Morgan fingerprint density at radius 1 is 1.26 bits per heavy atom. The largest absolute Gasteiger partial charge is 0.389 e. The molecule has 0 aliphatic rings. The van der Waals surface area contributed by atoms with Crippen LogP contribution in [0.1, 0.15) is 32.4 Å². The summed E-state index contributed by atoms with van der Waals surface area (Å²) in [5.74, 6) is 0.861. The Bertz CT molecular complexity index is 582. The summed E-state index contributed by atoms with van der Waals surface area (Å²) < 4.78 is 0. The predicted molar refractivity (Wildman–Crippen MR) is 78.7 cm³/mol. The zero-order chi connectivity index (χ0) is 14.0. The van der Waals surface area contributed by atoms with E-state index in [1.54, 1.807) is 13.0 Å². The molecule has 1 atom stereocenters. The van der Waals surface area contributed by atoms with Gasteiger partial charge in [-0.1, -0.05) is 11.6 Å². The molecule has 5 heteroatoms. The second kappa shape index (κ2) is 5.72. The predicted octanol–water partition coefficient (Wildman–Crippen LogP) is 3.18. The molecule has 0 radical (unpaired) electrons. The number of anilines is 1. The van der Waals surface area contributed by atoms with E-state index in [9.17, 15) is 5.11 Å². The number of fused-ring (bicyclic) bond motifs is 1. The van der Waals surface area contributed by atoms with Crippen molar-refractivity contribution < 1.29 is 5.11 Å². The fraction of sp³-hybridized carbons (Fsp3) is 0.429. The van der Waals surface area contributed by atoms with E-state index in [4.69, 9.17) is 11.6 Å². The summed E-state index contributed by atoms with van der Waals surface area (Å²) in [6.07, 6.45) is 0.927. The van der Waals surface area contributed by atoms with Crippen LogP contribution >= 0.6 is 11.6 Å². The van der Waals surface area contributed by atoms with Crippen LogP contribution < -0.4 is 4.90 Å². The van der Waals surface area contributed by atoms with Crippen LogP contribution in [0.3, 0.4) is 0 Å². The first-order chi connectivity index (χ1) is 9.08. The van der Waals surface area contributed by atoms with Gasteiger partial charge in [0.05, 0.1) is 11.6 Å². The van der Waals surface area contributed by atoms with Gasteiger partial charge in [-0.3, -0.25) is 0 Å². The summed E-state index contributed by atoms with van der Waals surface area (Å²) in [5.41, 5.74) is 1.50. The van der Waals surface area contributed by atoms with E-state index < -0.39 is 6.10 Å². The topological polar surface area (TPSA) is 49.2 Å². The van der Waals surface area contributed by atoms with Crippen LogP contribution in [0, 0.1) is 0 Å². The molecular formula is C14H18ClN3O. The van der Waals surface area contributed by atoms with Crippen LogP contribution in [0.2, 0.25) is 5.02 Å². The summed E-state index contributed by atoms with van der Waals surface area (Å²) >= 11 is 6.15. The molecule has 0 bridgehead atoms. The lowest BCUT2D eigenvalue weighted by molar-refractivity contribution is 0.200. The molecule has 2 rings (SSSR count). The smallest absolute Gasteiger partial charge is 0.139 e. The Labute approximate surface area is 118 Å². The Morgan fingerprint density at radius 2 is 1.95 bits per heavy atom. The van der Waals surface area contributed by atoms with Crippen molar-refractivity contribution in [3.8, 4) is 0 Å². The van der Waals surface area contributed by atoms with Gasteiger partial charge in [0.15, 0.2) is 0 Å². The lowest BCUT2D eigenvalue weighted by atomic mass is 10.1. The molecule has 1 aromatic heterocycles. The monoisotopic (exact) mass is 279 g/mol. The van der Waals surface area contributed by atoms with Crippen LogP contribution in [-0.4, -0.2) is 28.2 Å². The van der Waals surface area contributed by atoms with Gasteiger partial charge >= 0.3 is 0 Å². The first kappa shape index (κ1) is 14.0. The number of nitrogens with zero attached hydrogens (tertiary/aromatic N) is 3. The molecular weight excluding hydrogens is 262 g/mol. The van der Waals surface area contributed by atoms with Crippen molar-refractivity contribution in [2.24, 2.45) is 0 Å². The normalized spacial score (nSPS) is 12.7. The van der Waals surface area contributed by atoms with Crippen molar-refractivity contribution in [1.82, 2.24) is 9.97 Å². The van der Waals surface area contributed by atoms with Crippen molar-refractivity contribution in [1.29, 1.82) is 0 Å². The minimum absolute atomic E-state index is 0.589. The van der Waals surface area contributed by atoms with Gasteiger partial charge in [0.25, 0.3) is 0 Å². The quantitative estimate of drug-likeness (QED) is 0.934. The second-order valence-electron chi connectivity index (χ2n) is 4.44. The number of aliphatic hydroxyl groups excluding tert-OH is 1. The lowest BCUT2D eigenvalue weighted by Gasteiger charge is -2.22. The highest BCUT2D eigenvalue weighted by atomic mass is 35.5. The van der Waals surface area contributed by atoms with Gasteiger partial charge < -0.3 is 10.0 Å². The van der Waals surface area contributed by atoms with E-state index in [0.29, 0.717) is 5.02 Å². The third-order valence-corrected chi connectivity index (χ3v) is 3.44. The van der Waals surface area contributed by atoms with Crippen LogP contribution in [0.4, 0.5) is 5.82 Å². The van der Waals surface area contributed by atoms with Crippen molar-refractivity contribution in [2.75, 3.05) is 18.0 Å². The minimum Gasteiger partial charge on any atom is -0.389 e. The third kappa shape index (κ3) is 2.65. The molecule has 1 aromatic carbocycles. The minimum atomic E-state index is -0.611. The highest BCUT2D eigenvalue weighted by Gasteiger charge is 2.15. The molecule has 1 unspecified atom stereocenters. The van der Waals surface area contributed by atoms with Crippen molar-refractivity contribution >= 4 is 28.3 Å². The van der Waals surface area contributed by atoms with E-state index in [2.05, 4.69) is 28.7 Å². The average molecular weight is 280 g/mol. The molecule has 0 spiro atoms. The molecule has 102 valence electrons. The van der Waals surface area contributed by atoms with Gasteiger partial charge in [-0.2, -0.15) is 0 Å². The highest BCUT2D eigenvalue weighted by Crippen LogP contribution is 2.31. The van der Waals surface area contributed by atoms with Gasteiger partial charge in [0.2, 0.25) is 0 Å². The number of halogens is 1. The Morgan fingerprint density at radius 3 is 2.53 bits per heavy atom. The van der Waals surface area contributed by atoms with Gasteiger partial charge in [-0.25, -0.2) is 9.97 Å². The molecule has 2 aromatic rings.